The molecule has 0 saturated carbocycles. The van der Waals surface area contributed by atoms with Crippen LogP contribution in [0.4, 0.5) is 0 Å². The van der Waals surface area contributed by atoms with Crippen LogP contribution < -0.4 is 136 Å². The minimum atomic E-state index is -1.32. The second-order valence-corrected chi connectivity index (χ2v) is 41.4. The number of carbonyl (C=O) groups excluding carboxylic acids is 17. The lowest BCUT2D eigenvalue weighted by atomic mass is 9.98. The first-order valence-corrected chi connectivity index (χ1v) is 52.8. The SMILES string of the molecule is CSCC[C@H](NC(=O)[C@H](CC(C)C)NC(=O)[C@H](CC(C)C)NC(=O)[C@H](CCCCN)NC(=O)[C@H](CC(C)C)NC(=O)[C@H](CC(C)C)NC(=O)[C@H](CCCCN)NC(=O)[C@H](CCCCN)NC(=O)[C@@H](N)CC(C)C)C(=O)N[C@@H](CCCCN)C(=O)N[C@@H](CC(C)C)C(=O)N[C@@H](CC(C)C)C(=O)N[C@@H](CCCCN)C(=O)N[C@@H](CC(C)C)C(=O)N[C@@H](CCCCN)C(=O)NCC(=O)NCCCCCC(=O)NN. The highest BCUT2D eigenvalue weighted by Gasteiger charge is 2.40. The molecule has 0 heterocycles. The molecule has 140 heavy (non-hydrogen) atoms. The summed E-state index contributed by atoms with van der Waals surface area (Å²) < 4.78 is 0. The van der Waals surface area contributed by atoms with Crippen LogP contribution in [0.1, 0.15) is 310 Å². The van der Waals surface area contributed by atoms with E-state index in [0.717, 1.165) is 0 Å². The predicted molar refractivity (Wildman–Crippen MR) is 548 cm³/mol. The van der Waals surface area contributed by atoms with Gasteiger partial charge in [0.2, 0.25) is 100 Å². The number of rotatable bonds is 80. The van der Waals surface area contributed by atoms with E-state index in [4.69, 9.17) is 46.0 Å². The van der Waals surface area contributed by atoms with Crippen LogP contribution in [0.25, 0.3) is 0 Å². The zero-order valence-corrected chi connectivity index (χ0v) is 88.3. The molecule has 33 N–H and O–H groups in total. The van der Waals surface area contributed by atoms with Gasteiger partial charge in [0.1, 0.15) is 84.6 Å². The Bertz CT molecular complexity index is 3680. The van der Waals surface area contributed by atoms with Gasteiger partial charge < -0.3 is 125 Å². The maximum absolute atomic E-state index is 14.9. The number of amides is 17. The quantitative estimate of drug-likeness (QED) is 0.0173. The van der Waals surface area contributed by atoms with E-state index in [-0.39, 0.29) is 169 Å². The van der Waals surface area contributed by atoms with Crippen molar-refractivity contribution in [3.05, 3.63) is 0 Å². The number of nitrogens with one attached hydrogen (secondary N) is 17. The molecule has 17 amide bonds. The number of carbonyl (C=O) groups is 17. The van der Waals surface area contributed by atoms with E-state index in [1.54, 1.807) is 6.26 Å². The molecule has 0 unspecified atom stereocenters. The van der Waals surface area contributed by atoms with Gasteiger partial charge in [-0.25, -0.2) is 5.84 Å². The number of hydrogen-bond donors (Lipinski definition) is 25. The molecule has 42 nitrogen and oxygen atoms in total. The summed E-state index contributed by atoms with van der Waals surface area (Å²) >= 11 is 1.38. The van der Waals surface area contributed by atoms with Gasteiger partial charge in [-0.15, -0.1) is 0 Å². The van der Waals surface area contributed by atoms with Gasteiger partial charge >= 0.3 is 0 Å². The van der Waals surface area contributed by atoms with Gasteiger partial charge in [0.15, 0.2) is 0 Å². The Morgan fingerprint density at radius 2 is 0.421 bits per heavy atom. The lowest BCUT2D eigenvalue weighted by Gasteiger charge is -2.30. The van der Waals surface area contributed by atoms with E-state index in [9.17, 15) is 81.5 Å². The van der Waals surface area contributed by atoms with Crippen LogP contribution in [0.15, 0.2) is 0 Å². The van der Waals surface area contributed by atoms with Crippen LogP contribution in [0.3, 0.4) is 0 Å². The second kappa shape index (κ2) is 75.8. The molecular weight excluding hydrogens is 1820 g/mol. The molecule has 808 valence electrons. The summed E-state index contributed by atoms with van der Waals surface area (Å²) in [5.41, 5.74) is 43.6. The topological polar surface area (TPSA) is 703 Å². The summed E-state index contributed by atoms with van der Waals surface area (Å²) in [6.45, 7) is 31.0. The first-order valence-electron chi connectivity index (χ1n) is 51.4. The Hall–Kier alpha value is -8.98. The molecule has 0 aliphatic heterocycles. The third-order valence-corrected chi connectivity index (χ3v) is 23.8. The van der Waals surface area contributed by atoms with E-state index in [0.29, 0.717) is 135 Å². The maximum atomic E-state index is 14.9. The Morgan fingerprint density at radius 3 is 0.629 bits per heavy atom. The average molecular weight is 2010 g/mol. The summed E-state index contributed by atoms with van der Waals surface area (Å²) in [4.78, 5) is 243. The van der Waals surface area contributed by atoms with Crippen molar-refractivity contribution < 1.29 is 81.5 Å². The van der Waals surface area contributed by atoms with Crippen molar-refractivity contribution in [3.63, 3.8) is 0 Å². The van der Waals surface area contributed by atoms with E-state index < -0.39 is 192 Å². The highest BCUT2D eigenvalue weighted by Crippen LogP contribution is 2.20. The normalized spacial score (nSPS) is 14.8. The fraction of sp³-hybridized carbons (Fsp3) is 0.825. The molecule has 0 radical (unpaired) electrons. The Balaban J connectivity index is 7.37. The zero-order chi connectivity index (χ0) is 106. The number of hydrazine groups is 1. The lowest BCUT2D eigenvalue weighted by Crippen LogP contribution is -2.61. The monoisotopic (exact) mass is 2010 g/mol. The molecule has 43 heteroatoms. The highest BCUT2D eigenvalue weighted by atomic mass is 32.2. The van der Waals surface area contributed by atoms with Gasteiger partial charge in [0.05, 0.1) is 12.6 Å². The fourth-order valence-corrected chi connectivity index (χ4v) is 16.1. The predicted octanol–water partition coefficient (Wildman–Crippen LogP) is 0.780. The van der Waals surface area contributed by atoms with Crippen LogP contribution in [-0.4, -0.2) is 255 Å². The highest BCUT2D eigenvalue weighted by molar-refractivity contribution is 7.98. The van der Waals surface area contributed by atoms with Crippen molar-refractivity contribution in [1.29, 1.82) is 0 Å². The zero-order valence-electron chi connectivity index (χ0n) is 87.5. The lowest BCUT2D eigenvalue weighted by molar-refractivity contribution is -0.137. The van der Waals surface area contributed by atoms with Crippen molar-refractivity contribution in [2.45, 2.75) is 400 Å². The Labute approximate surface area is 838 Å². The molecule has 0 spiro atoms. The summed E-state index contributed by atoms with van der Waals surface area (Å²) in [6, 6.07) is -18.5. The third-order valence-electron chi connectivity index (χ3n) is 23.2. The van der Waals surface area contributed by atoms with Crippen LogP contribution in [0.2, 0.25) is 0 Å². The summed E-state index contributed by atoms with van der Waals surface area (Å²) in [7, 11) is 0. The van der Waals surface area contributed by atoms with Gasteiger partial charge in [-0.3, -0.25) is 86.9 Å². The molecule has 0 aliphatic rings. The Morgan fingerprint density at radius 1 is 0.221 bits per heavy atom. The van der Waals surface area contributed by atoms with Crippen molar-refractivity contribution >= 4 is 112 Å². The minimum Gasteiger partial charge on any atom is -0.355 e. The van der Waals surface area contributed by atoms with E-state index >= 15 is 0 Å². The standard InChI is InChI=1S/C97H187N25O17S/c1-58(2)49-66(104)83(125)108-68(34-21-27-42-99)85(127)110-69(35-22-28-43-100)86(128)116-78(54-63(11)12)95(137)119-76(52-61(7)8)93(135)113-72(38-25-31-46-103)89(131)118-80(56-65(15)16)97(139)121-77(53-62(9)10)94(136)114-73(40-48-140-17)90(132)111-70(36-23-29-44-101)87(129)117-79(55-64(13)14)96(138)120-75(51-60(5)6)92(134)112-71(37-24-30-45-102)88(130)115-74(50-59(3)4)91(133)109-67(33-20-26-41-98)84(126)107-57-82(124)106-47-32-18-19-39-81(123)122-105/h58-80H,18-57,98-105H2,1-17H3,(H,106,124)(H,107,126)(H,108,125)(H,109,133)(H,110,127)(H,111,132)(H,112,134)(H,113,135)(H,114,136)(H,115,130)(H,116,128)(H,117,129)(H,118,131)(H,119,137)(H,120,138)(H,121,139)(H,122,123)/t66-,67-,68-,69-,70-,71-,72-,73-,74-,75-,76-,77-,78-,79-,80-/m0/s1. The molecule has 15 atom stereocenters. The number of thioether (sulfide) groups is 1. The molecule has 0 bridgehead atoms. The number of nitrogens with two attached hydrogens (primary N) is 8. The van der Waals surface area contributed by atoms with Crippen molar-refractivity contribution in [2.24, 2.45) is 93.3 Å². The molecule has 0 aliphatic carbocycles. The van der Waals surface area contributed by atoms with Gasteiger partial charge in [0, 0.05) is 13.0 Å². The molecule has 0 aromatic rings. The first kappa shape index (κ1) is 131. The van der Waals surface area contributed by atoms with E-state index in [1.165, 1.54) is 11.8 Å². The van der Waals surface area contributed by atoms with Crippen molar-refractivity contribution in [2.75, 3.05) is 64.4 Å². The summed E-state index contributed by atoms with van der Waals surface area (Å²) in [5.74, 6) is -7.49. The molecule has 0 aromatic heterocycles. The van der Waals surface area contributed by atoms with Gasteiger partial charge in [-0.05, 0) is 285 Å². The van der Waals surface area contributed by atoms with Crippen molar-refractivity contribution in [3.8, 4) is 0 Å². The van der Waals surface area contributed by atoms with Gasteiger partial charge in [0.25, 0.3) is 0 Å². The molecule has 0 saturated heterocycles. The summed E-state index contributed by atoms with van der Waals surface area (Å²) in [6.07, 6.45) is 10.5. The molecular formula is C97H187N25O17S. The van der Waals surface area contributed by atoms with Crippen LogP contribution in [0.5, 0.6) is 0 Å². The summed E-state index contributed by atoms with van der Waals surface area (Å²) in [5, 5.41) is 44.9. The van der Waals surface area contributed by atoms with Crippen molar-refractivity contribution in [1.82, 2.24) is 90.5 Å². The average Bonchev–Trinajstić information content (AvgIpc) is 0.860. The first-order chi connectivity index (χ1) is 66.1. The minimum absolute atomic E-state index is 0.0238. The molecule has 0 fully saturated rings. The van der Waals surface area contributed by atoms with E-state index in [2.05, 4.69) is 90.5 Å². The molecule has 0 aromatic carbocycles. The van der Waals surface area contributed by atoms with Crippen LogP contribution in [-0.2, 0) is 81.5 Å². The van der Waals surface area contributed by atoms with Crippen LogP contribution in [0, 0.1) is 47.3 Å². The van der Waals surface area contributed by atoms with Gasteiger partial charge in [-0.2, -0.15) is 11.8 Å². The number of unbranched alkanes of at least 4 members (excludes halogenated alkanes) is 8. The third kappa shape index (κ3) is 59.2. The van der Waals surface area contributed by atoms with Crippen LogP contribution >= 0.6 is 11.8 Å². The number of hydrogen-bond acceptors (Lipinski definition) is 26. The largest absolute Gasteiger partial charge is 0.355 e. The Kier molecular flexibility index (Phi) is 70.9. The second-order valence-electron chi connectivity index (χ2n) is 40.4. The fourth-order valence-electron chi connectivity index (χ4n) is 15.7. The smallest absolute Gasteiger partial charge is 0.243 e. The maximum Gasteiger partial charge on any atom is 0.243 e. The van der Waals surface area contributed by atoms with Gasteiger partial charge in [-0.1, -0.05) is 117 Å². The van der Waals surface area contributed by atoms with E-state index in [1.807, 2.05) is 111 Å². The molecule has 0 rings (SSSR count).